The number of likely N-dealkylation sites (N-methyl/N-ethyl adjacent to an activating group) is 1. The Morgan fingerprint density at radius 1 is 0.892 bits per heavy atom. The average molecular weight is 526 g/mol. The van der Waals surface area contributed by atoms with Crippen LogP contribution in [0.15, 0.2) is 66.7 Å². The van der Waals surface area contributed by atoms with Crippen LogP contribution in [0.5, 0.6) is 17.2 Å². The summed E-state index contributed by atoms with van der Waals surface area (Å²) in [7, 11) is 1.68. The minimum atomic E-state index is -1.09. The monoisotopic (exact) mass is 525 g/mol. The number of carbonyl (C=O) groups excluding carboxylic acids is 1. The molecule has 0 aromatic heterocycles. The molecule has 3 aromatic carbocycles. The lowest BCUT2D eigenvalue weighted by Gasteiger charge is -2.18. The molecule has 0 aliphatic carbocycles. The molecule has 1 N–H and O–H groups in total. The maximum Gasteiger partial charge on any atom is 0.339 e. The van der Waals surface area contributed by atoms with Gasteiger partial charge in [0.15, 0.2) is 0 Å². The molecular weight excluding hydrogens is 494 g/mol. The van der Waals surface area contributed by atoms with Crippen molar-refractivity contribution in [3.8, 4) is 17.2 Å². The van der Waals surface area contributed by atoms with Crippen molar-refractivity contribution >= 4 is 23.5 Å². The Morgan fingerprint density at radius 3 is 2.24 bits per heavy atom. The Bertz CT molecular complexity index is 1200. The van der Waals surface area contributed by atoms with Gasteiger partial charge < -0.3 is 24.2 Å². The maximum absolute atomic E-state index is 12.5. The standard InChI is InChI=1S/C29H32ClNO6/c1-20(2)21-8-10-24(11-9-21)35-15-5-16-37-27-19-25(12-13-26(27)29(33)34)36-17-14-31(3)28(32)22-6-4-7-23(30)18-22/h4,6-13,18-20H,5,14-17H2,1-3H3,(H,33,34). The summed E-state index contributed by atoms with van der Waals surface area (Å²) in [5.74, 6) is 0.650. The van der Waals surface area contributed by atoms with E-state index in [4.69, 9.17) is 25.8 Å². The van der Waals surface area contributed by atoms with Gasteiger partial charge >= 0.3 is 5.97 Å². The lowest BCUT2D eigenvalue weighted by molar-refractivity contribution is 0.0690. The van der Waals surface area contributed by atoms with Gasteiger partial charge in [-0.3, -0.25) is 4.79 Å². The van der Waals surface area contributed by atoms with Gasteiger partial charge in [-0.15, -0.1) is 0 Å². The van der Waals surface area contributed by atoms with Crippen LogP contribution in [0.3, 0.4) is 0 Å². The van der Waals surface area contributed by atoms with Crippen molar-refractivity contribution in [3.05, 3.63) is 88.4 Å². The molecule has 0 bridgehead atoms. The summed E-state index contributed by atoms with van der Waals surface area (Å²) in [5.41, 5.74) is 1.79. The van der Waals surface area contributed by atoms with Gasteiger partial charge in [-0.2, -0.15) is 0 Å². The van der Waals surface area contributed by atoms with Crippen molar-refractivity contribution < 1.29 is 28.9 Å². The van der Waals surface area contributed by atoms with Crippen LogP contribution < -0.4 is 14.2 Å². The lowest BCUT2D eigenvalue weighted by Crippen LogP contribution is -2.30. The maximum atomic E-state index is 12.5. The number of halogens is 1. The van der Waals surface area contributed by atoms with Crippen molar-refractivity contribution in [2.24, 2.45) is 0 Å². The highest BCUT2D eigenvalue weighted by Gasteiger charge is 2.15. The zero-order valence-electron chi connectivity index (χ0n) is 21.3. The van der Waals surface area contributed by atoms with Crippen LogP contribution >= 0.6 is 11.6 Å². The van der Waals surface area contributed by atoms with Gasteiger partial charge in [0.2, 0.25) is 0 Å². The quantitative estimate of drug-likeness (QED) is 0.269. The molecule has 0 heterocycles. The van der Waals surface area contributed by atoms with Crippen molar-refractivity contribution in [3.63, 3.8) is 0 Å². The number of carbonyl (C=O) groups is 2. The van der Waals surface area contributed by atoms with Gasteiger partial charge in [-0.1, -0.05) is 43.6 Å². The minimum Gasteiger partial charge on any atom is -0.493 e. The zero-order valence-corrected chi connectivity index (χ0v) is 22.0. The van der Waals surface area contributed by atoms with Crippen molar-refractivity contribution in [2.45, 2.75) is 26.2 Å². The van der Waals surface area contributed by atoms with E-state index in [0.717, 1.165) is 5.75 Å². The van der Waals surface area contributed by atoms with Crippen LogP contribution in [0.4, 0.5) is 0 Å². The number of benzene rings is 3. The second kappa shape index (κ2) is 13.6. The fourth-order valence-electron chi connectivity index (χ4n) is 3.51. The van der Waals surface area contributed by atoms with E-state index in [1.165, 1.54) is 16.5 Å². The van der Waals surface area contributed by atoms with Crippen LogP contribution in [0, 0.1) is 0 Å². The molecule has 0 radical (unpaired) electrons. The topological polar surface area (TPSA) is 85.3 Å². The average Bonchev–Trinajstić information content (AvgIpc) is 2.88. The first-order valence-corrected chi connectivity index (χ1v) is 12.5. The molecule has 8 heteroatoms. The number of hydrogen-bond acceptors (Lipinski definition) is 5. The number of carboxylic acids is 1. The summed E-state index contributed by atoms with van der Waals surface area (Å²) in [5, 5.41) is 10.0. The van der Waals surface area contributed by atoms with Crippen molar-refractivity contribution in [1.29, 1.82) is 0 Å². The number of amides is 1. The molecule has 1 amide bonds. The fraction of sp³-hybridized carbons (Fsp3) is 0.310. The summed E-state index contributed by atoms with van der Waals surface area (Å²) >= 11 is 5.97. The second-order valence-corrected chi connectivity index (χ2v) is 9.26. The summed E-state index contributed by atoms with van der Waals surface area (Å²) in [6.07, 6.45) is 0.576. The second-order valence-electron chi connectivity index (χ2n) is 8.82. The molecule has 0 aliphatic rings. The molecule has 0 saturated heterocycles. The SMILES string of the molecule is CC(C)c1ccc(OCCCOc2cc(OCCN(C)C(=O)c3cccc(Cl)c3)ccc2C(=O)O)cc1. The summed E-state index contributed by atoms with van der Waals surface area (Å²) in [6.45, 7) is 5.55. The first-order valence-electron chi connectivity index (χ1n) is 12.1. The Morgan fingerprint density at radius 2 is 1.57 bits per heavy atom. The van der Waals surface area contributed by atoms with E-state index in [1.54, 1.807) is 43.4 Å². The number of nitrogens with zero attached hydrogens (tertiary/aromatic N) is 1. The molecule has 196 valence electrons. The summed E-state index contributed by atoms with van der Waals surface area (Å²) < 4.78 is 17.3. The molecule has 0 spiro atoms. The first-order chi connectivity index (χ1) is 17.7. The predicted octanol–water partition coefficient (Wildman–Crippen LogP) is 6.16. The van der Waals surface area contributed by atoms with Crippen molar-refractivity contribution in [1.82, 2.24) is 4.90 Å². The van der Waals surface area contributed by atoms with E-state index in [0.29, 0.717) is 41.8 Å². The highest BCUT2D eigenvalue weighted by Crippen LogP contribution is 2.26. The van der Waals surface area contributed by atoms with E-state index in [1.807, 2.05) is 24.3 Å². The fourth-order valence-corrected chi connectivity index (χ4v) is 3.70. The summed E-state index contributed by atoms with van der Waals surface area (Å²) in [4.78, 5) is 25.7. The molecule has 0 fully saturated rings. The van der Waals surface area contributed by atoms with Gasteiger partial charge in [-0.05, 0) is 53.9 Å². The lowest BCUT2D eigenvalue weighted by atomic mass is 10.0. The van der Waals surface area contributed by atoms with Crippen LogP contribution in [0.2, 0.25) is 5.02 Å². The predicted molar refractivity (Wildman–Crippen MR) is 143 cm³/mol. The van der Waals surface area contributed by atoms with E-state index in [2.05, 4.69) is 13.8 Å². The summed E-state index contributed by atoms with van der Waals surface area (Å²) in [6, 6.07) is 19.3. The van der Waals surface area contributed by atoms with E-state index < -0.39 is 5.97 Å². The Labute approximate surface area is 222 Å². The highest BCUT2D eigenvalue weighted by atomic mass is 35.5. The van der Waals surface area contributed by atoms with Crippen molar-refractivity contribution in [2.75, 3.05) is 33.4 Å². The molecule has 37 heavy (non-hydrogen) atoms. The number of hydrogen-bond donors (Lipinski definition) is 1. The number of ether oxygens (including phenoxy) is 3. The number of rotatable bonds is 13. The largest absolute Gasteiger partial charge is 0.493 e. The van der Waals surface area contributed by atoms with Crippen LogP contribution in [0.1, 0.15) is 52.5 Å². The molecule has 0 unspecified atom stereocenters. The molecule has 0 aliphatic heterocycles. The molecule has 0 saturated carbocycles. The minimum absolute atomic E-state index is 0.0470. The molecule has 3 rings (SSSR count). The third kappa shape index (κ3) is 8.43. The third-order valence-electron chi connectivity index (χ3n) is 5.66. The zero-order chi connectivity index (χ0) is 26.8. The molecule has 7 nitrogen and oxygen atoms in total. The first kappa shape index (κ1) is 27.9. The number of aromatic carboxylic acids is 1. The smallest absolute Gasteiger partial charge is 0.339 e. The Hall–Kier alpha value is -3.71. The van der Waals surface area contributed by atoms with Gasteiger partial charge in [0.25, 0.3) is 5.91 Å². The third-order valence-corrected chi connectivity index (χ3v) is 5.89. The highest BCUT2D eigenvalue weighted by molar-refractivity contribution is 6.30. The van der Waals surface area contributed by atoms with Gasteiger partial charge in [-0.25, -0.2) is 4.79 Å². The van der Waals surface area contributed by atoms with Crippen LogP contribution in [0.25, 0.3) is 0 Å². The van der Waals surface area contributed by atoms with Gasteiger partial charge in [0, 0.05) is 30.1 Å². The van der Waals surface area contributed by atoms with E-state index >= 15 is 0 Å². The molecule has 0 atom stereocenters. The Balaban J connectivity index is 1.48. The number of carboxylic acid groups (broad SMARTS) is 1. The van der Waals surface area contributed by atoms with Gasteiger partial charge in [0.1, 0.15) is 29.4 Å². The normalized spacial score (nSPS) is 10.7. The Kier molecular flexibility index (Phi) is 10.2. The van der Waals surface area contributed by atoms with E-state index in [9.17, 15) is 14.7 Å². The van der Waals surface area contributed by atoms with E-state index in [-0.39, 0.29) is 30.4 Å². The molecule has 3 aromatic rings. The van der Waals surface area contributed by atoms with Gasteiger partial charge in [0.05, 0.1) is 19.8 Å². The van der Waals surface area contributed by atoms with Crippen LogP contribution in [-0.2, 0) is 0 Å². The van der Waals surface area contributed by atoms with Crippen LogP contribution in [-0.4, -0.2) is 55.3 Å². The molecular formula is C29H32ClNO6.